The molecule has 2 aliphatic carbocycles. The van der Waals surface area contributed by atoms with Gasteiger partial charge in [-0.05, 0) is 64.9 Å². The van der Waals surface area contributed by atoms with E-state index in [0.717, 1.165) is 31.4 Å². The van der Waals surface area contributed by atoms with Crippen molar-refractivity contribution in [2.24, 2.45) is 0 Å². The molecular weight excluding hydrogens is 388 g/mol. The van der Waals surface area contributed by atoms with Crippen LogP contribution in [0.1, 0.15) is 91.4 Å². The molecule has 2 fully saturated rings. The lowest BCUT2D eigenvalue weighted by atomic mass is 9.90. The summed E-state index contributed by atoms with van der Waals surface area (Å²) in [6, 6.07) is -0.0796. The molecule has 0 bridgehead atoms. The summed E-state index contributed by atoms with van der Waals surface area (Å²) in [7, 11) is 0. The number of hydroxylamine groups is 2. The van der Waals surface area contributed by atoms with Crippen LogP contribution in [0, 0.1) is 0 Å². The zero-order valence-corrected chi connectivity index (χ0v) is 19.5. The summed E-state index contributed by atoms with van der Waals surface area (Å²) in [4.78, 5) is 31.4. The van der Waals surface area contributed by atoms with E-state index in [-0.39, 0.29) is 5.97 Å². The lowest BCUT2D eigenvalue weighted by Gasteiger charge is -2.40. The van der Waals surface area contributed by atoms with E-state index in [0.29, 0.717) is 18.5 Å². The maximum atomic E-state index is 13.1. The minimum atomic E-state index is -0.688. The molecule has 168 valence electrons. The molecule has 0 aromatic carbocycles. The Kier molecular flexibility index (Phi) is 10.1. The van der Waals surface area contributed by atoms with Gasteiger partial charge >= 0.3 is 12.1 Å². The summed E-state index contributed by atoms with van der Waals surface area (Å²) >= 11 is 1.65. The van der Waals surface area contributed by atoms with E-state index in [1.165, 1.54) is 38.5 Å². The quantitative estimate of drug-likeness (QED) is 0.545. The average Bonchev–Trinajstić information content (AvgIpc) is 2.69. The molecule has 0 saturated heterocycles. The lowest BCUT2D eigenvalue weighted by Crippen LogP contribution is -2.51. The summed E-state index contributed by atoms with van der Waals surface area (Å²) in [6.07, 6.45) is 13.6. The van der Waals surface area contributed by atoms with Gasteiger partial charge in [-0.25, -0.2) is 9.59 Å². The third-order valence-corrected chi connectivity index (χ3v) is 6.29. The molecule has 2 rings (SSSR count). The second-order valence-electron chi connectivity index (χ2n) is 9.33. The number of ether oxygens (including phenoxy) is 1. The molecule has 2 saturated carbocycles. The molecule has 0 aliphatic heterocycles. The monoisotopic (exact) mass is 428 g/mol. The van der Waals surface area contributed by atoms with Gasteiger partial charge in [0.15, 0.2) is 0 Å². The summed E-state index contributed by atoms with van der Waals surface area (Å²) < 4.78 is 5.36. The second kappa shape index (κ2) is 12.0. The number of carbonyl (C=O) groups is 2. The Bertz CT molecular complexity index is 493. The molecule has 7 heteroatoms. The summed E-state index contributed by atoms with van der Waals surface area (Å²) in [5, 5.41) is 4.76. The number of thioether (sulfide) groups is 1. The van der Waals surface area contributed by atoms with Gasteiger partial charge in [-0.2, -0.15) is 11.8 Å². The summed E-state index contributed by atoms with van der Waals surface area (Å²) in [5.41, 5.74) is -0.603. The molecule has 0 heterocycles. The Morgan fingerprint density at radius 2 is 1.52 bits per heavy atom. The maximum Gasteiger partial charge on any atom is 0.408 e. The largest absolute Gasteiger partial charge is 0.444 e. The molecule has 0 unspecified atom stereocenters. The SMILES string of the molecule is CSCC[C@@H](NC(=O)OC(C)(C)C)C(=O)ON(C1CCCCC1)C1CCCCC1. The van der Waals surface area contributed by atoms with Crippen LogP contribution in [0.4, 0.5) is 4.79 Å². The third-order valence-electron chi connectivity index (χ3n) is 5.65. The first-order valence-corrected chi connectivity index (χ1v) is 12.7. The highest BCUT2D eigenvalue weighted by atomic mass is 32.2. The van der Waals surface area contributed by atoms with Crippen LogP contribution in [0.15, 0.2) is 0 Å². The first kappa shape index (κ1) is 24.3. The van der Waals surface area contributed by atoms with E-state index >= 15 is 0 Å². The molecule has 0 aromatic rings. The highest BCUT2D eigenvalue weighted by Gasteiger charge is 2.34. The Morgan fingerprint density at radius 1 is 1.00 bits per heavy atom. The van der Waals surface area contributed by atoms with Crippen LogP contribution in [-0.2, 0) is 14.4 Å². The van der Waals surface area contributed by atoms with Crippen LogP contribution >= 0.6 is 11.8 Å². The highest BCUT2D eigenvalue weighted by molar-refractivity contribution is 7.98. The van der Waals surface area contributed by atoms with Crippen molar-refractivity contribution in [3.8, 4) is 0 Å². The predicted octanol–water partition coefficient (Wildman–Crippen LogP) is 5.06. The normalized spacial score (nSPS) is 20.3. The molecule has 0 spiro atoms. The molecule has 6 nitrogen and oxygen atoms in total. The fourth-order valence-electron chi connectivity index (χ4n) is 4.22. The smallest absolute Gasteiger partial charge is 0.408 e. The van der Waals surface area contributed by atoms with E-state index in [1.807, 2.05) is 32.1 Å². The molecule has 1 N–H and O–H groups in total. The van der Waals surface area contributed by atoms with Crippen molar-refractivity contribution in [3.05, 3.63) is 0 Å². The van der Waals surface area contributed by atoms with E-state index in [1.54, 1.807) is 11.8 Å². The number of alkyl carbamates (subject to hydrolysis) is 1. The standard InChI is InChI=1S/C22H40N2O4S/c1-22(2,3)27-21(26)23-19(15-16-29-4)20(25)28-24(17-11-7-5-8-12-17)18-13-9-6-10-14-18/h17-19H,5-16H2,1-4H3,(H,23,26)/t19-/m1/s1. The molecule has 1 atom stereocenters. The van der Waals surface area contributed by atoms with Gasteiger partial charge in [-0.3, -0.25) is 0 Å². The molecule has 0 aromatic heterocycles. The van der Waals surface area contributed by atoms with Crippen LogP contribution < -0.4 is 5.32 Å². The number of rotatable bonds is 8. The van der Waals surface area contributed by atoms with E-state index < -0.39 is 17.7 Å². The van der Waals surface area contributed by atoms with Gasteiger partial charge in [0.1, 0.15) is 11.6 Å². The van der Waals surface area contributed by atoms with Gasteiger partial charge in [0.05, 0.1) is 0 Å². The first-order valence-electron chi connectivity index (χ1n) is 11.3. The Morgan fingerprint density at radius 3 is 1.97 bits per heavy atom. The maximum absolute atomic E-state index is 13.1. The number of nitrogens with zero attached hydrogens (tertiary/aromatic N) is 1. The van der Waals surface area contributed by atoms with Crippen molar-refractivity contribution in [1.29, 1.82) is 0 Å². The minimum absolute atomic E-state index is 0.304. The van der Waals surface area contributed by atoms with Crippen LogP contribution in [0.3, 0.4) is 0 Å². The number of hydrogen-bond acceptors (Lipinski definition) is 6. The molecule has 2 aliphatic rings. The Hall–Kier alpha value is -0.950. The van der Waals surface area contributed by atoms with Crippen LogP contribution in [0.5, 0.6) is 0 Å². The topological polar surface area (TPSA) is 67.9 Å². The fraction of sp³-hybridized carbons (Fsp3) is 0.909. The zero-order valence-electron chi connectivity index (χ0n) is 18.7. The third kappa shape index (κ3) is 8.75. The lowest BCUT2D eigenvalue weighted by molar-refractivity contribution is -0.225. The van der Waals surface area contributed by atoms with E-state index in [4.69, 9.17) is 9.57 Å². The van der Waals surface area contributed by atoms with Crippen molar-refractivity contribution in [2.45, 2.75) is 115 Å². The highest BCUT2D eigenvalue weighted by Crippen LogP contribution is 2.30. The number of carbonyl (C=O) groups excluding carboxylic acids is 2. The zero-order chi connectivity index (χ0) is 21.3. The van der Waals surface area contributed by atoms with E-state index in [9.17, 15) is 9.59 Å². The van der Waals surface area contributed by atoms with Crippen molar-refractivity contribution >= 4 is 23.8 Å². The van der Waals surface area contributed by atoms with Gasteiger partial charge < -0.3 is 14.9 Å². The number of nitrogens with one attached hydrogen (secondary N) is 1. The van der Waals surface area contributed by atoms with Gasteiger partial charge in [0.2, 0.25) is 0 Å². The average molecular weight is 429 g/mol. The number of amides is 1. The van der Waals surface area contributed by atoms with Gasteiger partial charge in [0.25, 0.3) is 0 Å². The van der Waals surface area contributed by atoms with E-state index in [2.05, 4.69) is 5.32 Å². The van der Waals surface area contributed by atoms with Crippen molar-refractivity contribution in [2.75, 3.05) is 12.0 Å². The van der Waals surface area contributed by atoms with Gasteiger partial charge in [-0.1, -0.05) is 38.5 Å². The van der Waals surface area contributed by atoms with Crippen LogP contribution in [0.2, 0.25) is 0 Å². The first-order chi connectivity index (χ1) is 13.8. The molecule has 29 heavy (non-hydrogen) atoms. The van der Waals surface area contributed by atoms with Crippen molar-refractivity contribution in [3.63, 3.8) is 0 Å². The summed E-state index contributed by atoms with van der Waals surface area (Å²) in [6.45, 7) is 5.45. The minimum Gasteiger partial charge on any atom is -0.444 e. The predicted molar refractivity (Wildman–Crippen MR) is 118 cm³/mol. The van der Waals surface area contributed by atoms with Gasteiger partial charge in [-0.15, -0.1) is 5.06 Å². The Balaban J connectivity index is 2.05. The van der Waals surface area contributed by atoms with Crippen LogP contribution in [-0.4, -0.2) is 52.9 Å². The molecule has 0 radical (unpaired) electrons. The number of hydrogen-bond donors (Lipinski definition) is 1. The van der Waals surface area contributed by atoms with Crippen molar-refractivity contribution in [1.82, 2.24) is 10.4 Å². The fourth-order valence-corrected chi connectivity index (χ4v) is 4.69. The van der Waals surface area contributed by atoms with Gasteiger partial charge in [0, 0.05) is 12.1 Å². The summed E-state index contributed by atoms with van der Waals surface area (Å²) in [5.74, 6) is 0.406. The molecular formula is C22H40N2O4S. The second-order valence-corrected chi connectivity index (χ2v) is 10.3. The Labute approximate surface area is 180 Å². The van der Waals surface area contributed by atoms with Crippen LogP contribution in [0.25, 0.3) is 0 Å². The van der Waals surface area contributed by atoms with Crippen molar-refractivity contribution < 1.29 is 19.2 Å². The molecule has 1 amide bonds.